The van der Waals surface area contributed by atoms with E-state index in [0.717, 1.165) is 17.5 Å². The maximum absolute atomic E-state index is 12.7. The molecule has 0 unspecified atom stereocenters. The molecule has 2 aromatic carbocycles. The molecule has 1 heterocycles. The van der Waals surface area contributed by atoms with Gasteiger partial charge in [0.05, 0.1) is 11.1 Å². The van der Waals surface area contributed by atoms with E-state index >= 15 is 0 Å². The minimum atomic E-state index is -0.262. The molecule has 0 atom stereocenters. The first-order valence-corrected chi connectivity index (χ1v) is 10.2. The summed E-state index contributed by atoms with van der Waals surface area (Å²) in [5, 5.41) is 0. The maximum Gasteiger partial charge on any atom is 0.261 e. The summed E-state index contributed by atoms with van der Waals surface area (Å²) < 4.78 is 0. The van der Waals surface area contributed by atoms with Gasteiger partial charge in [0.2, 0.25) is 5.91 Å². The number of benzene rings is 2. The number of hydrogen-bond acceptors (Lipinski definition) is 3. The van der Waals surface area contributed by atoms with Crippen molar-refractivity contribution in [1.82, 2.24) is 9.80 Å². The smallest absolute Gasteiger partial charge is 0.261 e. The van der Waals surface area contributed by atoms with Crippen LogP contribution in [0.5, 0.6) is 0 Å². The van der Waals surface area contributed by atoms with Crippen LogP contribution in [0.4, 0.5) is 0 Å². The quantitative estimate of drug-likeness (QED) is 0.635. The zero-order valence-corrected chi connectivity index (χ0v) is 17.4. The number of carbonyl (C=O) groups is 3. The summed E-state index contributed by atoms with van der Waals surface area (Å²) in [4.78, 5) is 40.9. The lowest BCUT2D eigenvalue weighted by molar-refractivity contribution is -0.132. The summed E-state index contributed by atoms with van der Waals surface area (Å²) in [5.41, 5.74) is 4.17. The van der Waals surface area contributed by atoms with E-state index in [4.69, 9.17) is 0 Å². The Balaban J connectivity index is 1.57. The topological polar surface area (TPSA) is 57.7 Å². The van der Waals surface area contributed by atoms with Crippen LogP contribution in [0.3, 0.4) is 0 Å². The summed E-state index contributed by atoms with van der Waals surface area (Å²) in [6.07, 6.45) is 1.67. The van der Waals surface area contributed by atoms with Crippen LogP contribution in [-0.4, -0.2) is 40.6 Å². The van der Waals surface area contributed by atoms with Gasteiger partial charge in [-0.2, -0.15) is 0 Å². The molecule has 0 radical (unpaired) electrons. The Kier molecular flexibility index (Phi) is 6.47. The van der Waals surface area contributed by atoms with Crippen molar-refractivity contribution in [2.45, 2.75) is 46.6 Å². The summed E-state index contributed by atoms with van der Waals surface area (Å²) in [5.74, 6) is -0.464. The van der Waals surface area contributed by atoms with Crippen molar-refractivity contribution >= 4 is 17.7 Å². The van der Waals surface area contributed by atoms with E-state index in [-0.39, 0.29) is 24.3 Å². The number of carbonyl (C=O) groups excluding carboxylic acids is 3. The van der Waals surface area contributed by atoms with Crippen LogP contribution in [0.25, 0.3) is 0 Å². The predicted molar refractivity (Wildman–Crippen MR) is 113 cm³/mol. The second-order valence-electron chi connectivity index (χ2n) is 7.72. The second-order valence-corrected chi connectivity index (χ2v) is 7.72. The number of hydrogen-bond donors (Lipinski definition) is 0. The fourth-order valence-corrected chi connectivity index (χ4v) is 3.63. The molecule has 0 spiro atoms. The zero-order valence-electron chi connectivity index (χ0n) is 17.4. The summed E-state index contributed by atoms with van der Waals surface area (Å²) >= 11 is 0. The van der Waals surface area contributed by atoms with Gasteiger partial charge in [0.15, 0.2) is 0 Å². The molecule has 0 saturated carbocycles. The molecule has 2 aromatic rings. The predicted octanol–water partition coefficient (Wildman–Crippen LogP) is 4.12. The van der Waals surface area contributed by atoms with Crippen LogP contribution in [-0.2, 0) is 11.3 Å². The molecule has 0 aliphatic carbocycles. The Hall–Kier alpha value is -2.95. The number of fused-ring (bicyclic) bond motifs is 1. The van der Waals surface area contributed by atoms with Crippen LogP contribution in [0, 0.1) is 13.8 Å². The Morgan fingerprint density at radius 2 is 1.59 bits per heavy atom. The molecule has 29 heavy (non-hydrogen) atoms. The Morgan fingerprint density at radius 3 is 2.28 bits per heavy atom. The van der Waals surface area contributed by atoms with Crippen molar-refractivity contribution < 1.29 is 14.4 Å². The molecule has 0 saturated heterocycles. The molecule has 0 fully saturated rings. The summed E-state index contributed by atoms with van der Waals surface area (Å²) in [6.45, 7) is 7.53. The van der Waals surface area contributed by atoms with Gasteiger partial charge in [0, 0.05) is 26.1 Å². The van der Waals surface area contributed by atoms with Gasteiger partial charge >= 0.3 is 0 Å². The van der Waals surface area contributed by atoms with Crippen LogP contribution >= 0.6 is 0 Å². The van der Waals surface area contributed by atoms with Gasteiger partial charge in [-0.15, -0.1) is 0 Å². The fourth-order valence-electron chi connectivity index (χ4n) is 3.63. The third kappa shape index (κ3) is 4.73. The standard InChI is InChI=1S/C24H28N2O3/c1-4-13-25(16-19-10-7-17(2)8-11-19)22(27)6-5-14-26-23(28)20-12-9-18(3)15-21(20)24(26)29/h7-12,15H,4-6,13-14,16H2,1-3H3. The molecule has 152 valence electrons. The summed E-state index contributed by atoms with van der Waals surface area (Å²) in [7, 11) is 0. The first-order valence-electron chi connectivity index (χ1n) is 10.2. The van der Waals surface area contributed by atoms with Crippen LogP contribution in [0.2, 0.25) is 0 Å². The minimum Gasteiger partial charge on any atom is -0.338 e. The third-order valence-corrected chi connectivity index (χ3v) is 5.24. The van der Waals surface area contributed by atoms with Gasteiger partial charge in [-0.1, -0.05) is 48.4 Å². The van der Waals surface area contributed by atoms with Crippen molar-refractivity contribution in [3.63, 3.8) is 0 Å². The first kappa shape index (κ1) is 20.8. The molecule has 0 N–H and O–H groups in total. The lowest BCUT2D eigenvalue weighted by Gasteiger charge is -2.23. The van der Waals surface area contributed by atoms with Gasteiger partial charge in [0.1, 0.15) is 0 Å². The van der Waals surface area contributed by atoms with Gasteiger partial charge in [0.25, 0.3) is 11.8 Å². The van der Waals surface area contributed by atoms with E-state index in [1.807, 2.05) is 49.1 Å². The second kappa shape index (κ2) is 9.03. The third-order valence-electron chi connectivity index (χ3n) is 5.24. The van der Waals surface area contributed by atoms with Crippen molar-refractivity contribution in [2.75, 3.05) is 13.1 Å². The van der Waals surface area contributed by atoms with Crippen molar-refractivity contribution in [3.05, 3.63) is 70.3 Å². The number of aryl methyl sites for hydroxylation is 2. The molecule has 1 aliphatic rings. The molecule has 3 rings (SSSR count). The molecule has 1 aliphatic heterocycles. The summed E-state index contributed by atoms with van der Waals surface area (Å²) in [6, 6.07) is 13.5. The molecular formula is C24H28N2O3. The highest BCUT2D eigenvalue weighted by molar-refractivity contribution is 6.21. The van der Waals surface area contributed by atoms with E-state index in [9.17, 15) is 14.4 Å². The molecule has 5 nitrogen and oxygen atoms in total. The number of nitrogens with zero attached hydrogens (tertiary/aromatic N) is 2. The van der Waals surface area contributed by atoms with Crippen molar-refractivity contribution in [3.8, 4) is 0 Å². The van der Waals surface area contributed by atoms with E-state index < -0.39 is 0 Å². The monoisotopic (exact) mass is 392 g/mol. The molecule has 3 amide bonds. The van der Waals surface area contributed by atoms with E-state index in [0.29, 0.717) is 37.1 Å². The highest BCUT2D eigenvalue weighted by Gasteiger charge is 2.35. The van der Waals surface area contributed by atoms with Crippen LogP contribution in [0.15, 0.2) is 42.5 Å². The van der Waals surface area contributed by atoms with E-state index in [2.05, 4.69) is 6.92 Å². The minimum absolute atomic E-state index is 0.0554. The molecule has 0 bridgehead atoms. The highest BCUT2D eigenvalue weighted by Crippen LogP contribution is 2.24. The SMILES string of the molecule is CCCN(Cc1ccc(C)cc1)C(=O)CCCN1C(=O)c2ccc(C)cc2C1=O. The molecule has 5 heteroatoms. The molecular weight excluding hydrogens is 364 g/mol. The van der Waals surface area contributed by atoms with E-state index in [1.54, 1.807) is 12.1 Å². The largest absolute Gasteiger partial charge is 0.338 e. The van der Waals surface area contributed by atoms with Gasteiger partial charge in [-0.05, 0) is 44.4 Å². The normalized spacial score (nSPS) is 13.0. The Labute approximate surface area is 172 Å². The fraction of sp³-hybridized carbons (Fsp3) is 0.375. The zero-order chi connectivity index (χ0) is 21.0. The average Bonchev–Trinajstić information content (AvgIpc) is 2.93. The number of amides is 3. The van der Waals surface area contributed by atoms with E-state index in [1.165, 1.54) is 10.5 Å². The van der Waals surface area contributed by atoms with Gasteiger partial charge < -0.3 is 4.90 Å². The molecule has 0 aromatic heterocycles. The Bertz CT molecular complexity index is 918. The first-order chi connectivity index (χ1) is 13.9. The van der Waals surface area contributed by atoms with Crippen molar-refractivity contribution in [2.24, 2.45) is 0 Å². The average molecular weight is 392 g/mol. The highest BCUT2D eigenvalue weighted by atomic mass is 16.2. The van der Waals surface area contributed by atoms with Crippen LogP contribution < -0.4 is 0 Å². The number of imide groups is 1. The Morgan fingerprint density at radius 1 is 0.931 bits per heavy atom. The van der Waals surface area contributed by atoms with Crippen LogP contribution in [0.1, 0.15) is 63.6 Å². The maximum atomic E-state index is 12.7. The lowest BCUT2D eigenvalue weighted by atomic mass is 10.1. The van der Waals surface area contributed by atoms with Gasteiger partial charge in [-0.3, -0.25) is 19.3 Å². The number of rotatable bonds is 8. The van der Waals surface area contributed by atoms with Gasteiger partial charge in [-0.25, -0.2) is 0 Å². The lowest BCUT2D eigenvalue weighted by Crippen LogP contribution is -2.34. The van der Waals surface area contributed by atoms with Crippen molar-refractivity contribution in [1.29, 1.82) is 0 Å².